The molecule has 0 spiro atoms. The summed E-state index contributed by atoms with van der Waals surface area (Å²) in [5, 5.41) is -0.163. The van der Waals surface area contributed by atoms with Crippen molar-refractivity contribution in [3.8, 4) is 5.75 Å². The fourth-order valence-electron chi connectivity index (χ4n) is 1.88. The number of halogens is 2. The van der Waals surface area contributed by atoms with E-state index in [1.165, 1.54) is 4.88 Å². The Kier molecular flexibility index (Phi) is 5.31. The van der Waals surface area contributed by atoms with Gasteiger partial charge in [0.2, 0.25) is 0 Å². The van der Waals surface area contributed by atoms with Gasteiger partial charge in [-0.15, -0.1) is 22.9 Å². The van der Waals surface area contributed by atoms with Crippen LogP contribution in [0.3, 0.4) is 0 Å². The zero-order chi connectivity index (χ0) is 13.8. The molecule has 0 aliphatic carbocycles. The van der Waals surface area contributed by atoms with Gasteiger partial charge < -0.3 is 4.74 Å². The van der Waals surface area contributed by atoms with Crippen LogP contribution in [0.2, 0.25) is 0 Å². The highest BCUT2D eigenvalue weighted by atomic mass is 79.9. The highest BCUT2D eigenvalue weighted by Gasteiger charge is 2.18. The van der Waals surface area contributed by atoms with E-state index in [0.29, 0.717) is 6.61 Å². The Bertz CT molecular complexity index is 553. The van der Waals surface area contributed by atoms with E-state index < -0.39 is 0 Å². The third-order valence-corrected chi connectivity index (χ3v) is 5.21. The number of aryl methyl sites for hydroxylation is 1. The zero-order valence-electron chi connectivity index (χ0n) is 11.0. The first-order chi connectivity index (χ1) is 9.15. The predicted molar refractivity (Wildman–Crippen MR) is 86.7 cm³/mol. The monoisotopic (exact) mass is 358 g/mol. The number of thiophene rings is 1. The third kappa shape index (κ3) is 3.53. The molecule has 0 bridgehead atoms. The lowest BCUT2D eigenvalue weighted by Gasteiger charge is -2.14. The Balaban J connectivity index is 2.36. The van der Waals surface area contributed by atoms with Gasteiger partial charge in [0.25, 0.3) is 0 Å². The fourth-order valence-corrected chi connectivity index (χ4v) is 3.58. The van der Waals surface area contributed by atoms with Crippen molar-refractivity contribution in [1.29, 1.82) is 0 Å². The molecular formula is C15H16BrClOS. The van der Waals surface area contributed by atoms with Crippen molar-refractivity contribution in [2.24, 2.45) is 0 Å². The van der Waals surface area contributed by atoms with E-state index in [9.17, 15) is 0 Å². The maximum absolute atomic E-state index is 6.62. The van der Waals surface area contributed by atoms with Gasteiger partial charge in [-0.05, 0) is 43.7 Å². The number of hydrogen-bond donors (Lipinski definition) is 0. The summed E-state index contributed by atoms with van der Waals surface area (Å²) < 4.78 is 6.68. The first-order valence-electron chi connectivity index (χ1n) is 6.30. The summed E-state index contributed by atoms with van der Waals surface area (Å²) in [6.07, 6.45) is 1.05. The molecule has 0 amide bonds. The van der Waals surface area contributed by atoms with Gasteiger partial charge in [-0.1, -0.05) is 22.9 Å². The molecule has 2 aromatic rings. The Morgan fingerprint density at radius 1 is 1.26 bits per heavy atom. The van der Waals surface area contributed by atoms with Gasteiger partial charge >= 0.3 is 0 Å². The lowest BCUT2D eigenvalue weighted by Crippen LogP contribution is -1.99. The van der Waals surface area contributed by atoms with E-state index in [-0.39, 0.29) is 5.38 Å². The lowest BCUT2D eigenvalue weighted by molar-refractivity contribution is 0.337. The maximum Gasteiger partial charge on any atom is 0.124 e. The molecule has 2 rings (SSSR count). The summed E-state index contributed by atoms with van der Waals surface area (Å²) in [5.74, 6) is 0.858. The smallest absolute Gasteiger partial charge is 0.124 e. The number of benzene rings is 1. The fraction of sp³-hybridized carbons (Fsp3) is 0.333. The summed E-state index contributed by atoms with van der Waals surface area (Å²) in [7, 11) is 0. The van der Waals surface area contributed by atoms with Gasteiger partial charge in [0.05, 0.1) is 12.0 Å². The first kappa shape index (κ1) is 14.9. The van der Waals surface area contributed by atoms with Crippen LogP contribution >= 0.6 is 38.9 Å². The molecule has 0 aliphatic heterocycles. The average Bonchev–Trinajstić information content (AvgIpc) is 2.89. The highest BCUT2D eigenvalue weighted by Crippen LogP contribution is 2.39. The number of rotatable bonds is 5. The Morgan fingerprint density at radius 3 is 2.68 bits per heavy atom. The van der Waals surface area contributed by atoms with Gasteiger partial charge in [0.1, 0.15) is 5.75 Å². The van der Waals surface area contributed by atoms with E-state index >= 15 is 0 Å². The lowest BCUT2D eigenvalue weighted by atomic mass is 10.1. The van der Waals surface area contributed by atoms with Gasteiger partial charge in [-0.3, -0.25) is 0 Å². The highest BCUT2D eigenvalue weighted by molar-refractivity contribution is 9.10. The van der Waals surface area contributed by atoms with Crippen LogP contribution in [0.25, 0.3) is 0 Å². The molecule has 0 saturated heterocycles. The van der Waals surface area contributed by atoms with Crippen LogP contribution in [0.4, 0.5) is 0 Å². The Morgan fingerprint density at radius 2 is 2.05 bits per heavy atom. The summed E-state index contributed by atoms with van der Waals surface area (Å²) in [4.78, 5) is 2.52. The standard InChI is InChI=1S/C15H16BrClOS/c1-3-11-6-8-14(19-11)15(17)12-9-10(16)5-7-13(12)18-4-2/h5-9,15H,3-4H2,1-2H3. The normalized spacial score (nSPS) is 12.4. The molecule has 19 heavy (non-hydrogen) atoms. The molecule has 1 heterocycles. The predicted octanol–water partition coefficient (Wildman–Crippen LogP) is 5.80. The van der Waals surface area contributed by atoms with Crippen molar-refractivity contribution >= 4 is 38.9 Å². The molecule has 1 aromatic carbocycles. The van der Waals surface area contributed by atoms with E-state index in [2.05, 4.69) is 35.0 Å². The van der Waals surface area contributed by atoms with Gasteiger partial charge in [-0.2, -0.15) is 0 Å². The second-order valence-corrected chi connectivity index (χ2v) is 6.69. The Hall–Kier alpha value is -0.510. The second-order valence-electron chi connectivity index (χ2n) is 4.14. The molecule has 0 radical (unpaired) electrons. The van der Waals surface area contributed by atoms with Crippen molar-refractivity contribution in [1.82, 2.24) is 0 Å². The third-order valence-electron chi connectivity index (χ3n) is 2.83. The topological polar surface area (TPSA) is 9.23 Å². The molecule has 1 atom stereocenters. The first-order valence-corrected chi connectivity index (χ1v) is 8.35. The average molecular weight is 360 g/mol. The van der Waals surface area contributed by atoms with Crippen molar-refractivity contribution < 1.29 is 4.74 Å². The van der Waals surface area contributed by atoms with E-state index in [4.69, 9.17) is 16.3 Å². The molecule has 0 saturated carbocycles. The molecular weight excluding hydrogens is 344 g/mol. The van der Waals surface area contributed by atoms with E-state index in [0.717, 1.165) is 27.1 Å². The second kappa shape index (κ2) is 6.78. The van der Waals surface area contributed by atoms with Crippen molar-refractivity contribution in [2.75, 3.05) is 6.61 Å². The maximum atomic E-state index is 6.62. The quantitative estimate of drug-likeness (QED) is 0.613. The SMILES string of the molecule is CCOc1ccc(Br)cc1C(Cl)c1ccc(CC)s1. The Labute approximate surface area is 131 Å². The minimum Gasteiger partial charge on any atom is -0.494 e. The summed E-state index contributed by atoms with van der Waals surface area (Å²) in [6.45, 7) is 4.78. The summed E-state index contributed by atoms with van der Waals surface area (Å²) in [6, 6.07) is 10.2. The molecule has 1 unspecified atom stereocenters. The number of alkyl halides is 1. The molecule has 0 aliphatic rings. The van der Waals surface area contributed by atoms with Crippen molar-refractivity contribution in [3.05, 3.63) is 50.1 Å². The van der Waals surface area contributed by atoms with Crippen LogP contribution in [0, 0.1) is 0 Å². The number of ether oxygens (including phenoxy) is 1. The van der Waals surface area contributed by atoms with Crippen LogP contribution in [0.1, 0.15) is 34.5 Å². The minimum absolute atomic E-state index is 0.163. The van der Waals surface area contributed by atoms with Crippen LogP contribution in [-0.2, 0) is 6.42 Å². The van der Waals surface area contributed by atoms with E-state index in [1.807, 2.05) is 25.1 Å². The van der Waals surface area contributed by atoms with Crippen LogP contribution in [-0.4, -0.2) is 6.61 Å². The minimum atomic E-state index is -0.163. The molecule has 4 heteroatoms. The number of hydrogen-bond acceptors (Lipinski definition) is 2. The largest absolute Gasteiger partial charge is 0.494 e. The van der Waals surface area contributed by atoms with Gasteiger partial charge in [0, 0.05) is 19.8 Å². The van der Waals surface area contributed by atoms with Crippen LogP contribution in [0.15, 0.2) is 34.8 Å². The van der Waals surface area contributed by atoms with Gasteiger partial charge in [0.15, 0.2) is 0 Å². The van der Waals surface area contributed by atoms with Crippen molar-refractivity contribution in [3.63, 3.8) is 0 Å². The van der Waals surface area contributed by atoms with Crippen LogP contribution in [0.5, 0.6) is 5.75 Å². The summed E-state index contributed by atoms with van der Waals surface area (Å²) in [5.41, 5.74) is 1.02. The van der Waals surface area contributed by atoms with Gasteiger partial charge in [-0.25, -0.2) is 0 Å². The van der Waals surface area contributed by atoms with Crippen LogP contribution < -0.4 is 4.74 Å². The van der Waals surface area contributed by atoms with Crippen molar-refractivity contribution in [2.45, 2.75) is 25.6 Å². The summed E-state index contributed by atoms with van der Waals surface area (Å²) >= 11 is 11.9. The molecule has 1 aromatic heterocycles. The molecule has 1 nitrogen and oxygen atoms in total. The zero-order valence-corrected chi connectivity index (χ0v) is 14.1. The van der Waals surface area contributed by atoms with E-state index in [1.54, 1.807) is 11.3 Å². The molecule has 102 valence electrons. The molecule has 0 fully saturated rings. The molecule has 0 N–H and O–H groups in total.